The fraction of sp³-hybridized carbons (Fsp3) is 0.552. The van der Waals surface area contributed by atoms with Crippen molar-refractivity contribution < 1.29 is 19.4 Å². The summed E-state index contributed by atoms with van der Waals surface area (Å²) >= 11 is 0. The van der Waals surface area contributed by atoms with Crippen molar-refractivity contribution in [2.75, 3.05) is 39.9 Å². The number of nitrogens with zero attached hydrogens (tertiary/aromatic N) is 2. The maximum absolute atomic E-state index is 13.3. The zero-order chi connectivity index (χ0) is 25.5. The predicted octanol–water partition coefficient (Wildman–Crippen LogP) is 4.66. The number of nitrogens with two attached hydrogens (primary N) is 1. The first-order valence-corrected chi connectivity index (χ1v) is 13.3. The molecule has 0 aliphatic carbocycles. The van der Waals surface area contributed by atoms with Crippen LogP contribution in [-0.2, 0) is 10.3 Å². The molecule has 196 valence electrons. The van der Waals surface area contributed by atoms with Gasteiger partial charge in [-0.3, -0.25) is 0 Å². The molecule has 4 rings (SSSR count). The van der Waals surface area contributed by atoms with E-state index in [-0.39, 0.29) is 18.0 Å². The average molecular weight is 496 g/mol. The number of rotatable bonds is 9. The Kier molecular flexibility index (Phi) is 8.88. The minimum atomic E-state index is -1.13. The molecule has 3 atom stereocenters. The highest BCUT2D eigenvalue weighted by atomic mass is 16.5. The number of hydrogen-bond acceptors (Lipinski definition) is 5. The molecule has 2 unspecified atom stereocenters. The van der Waals surface area contributed by atoms with Crippen LogP contribution in [0.2, 0.25) is 0 Å². The number of hydrogen-bond donors (Lipinski definition) is 2. The molecule has 2 aliphatic heterocycles. The van der Waals surface area contributed by atoms with E-state index in [2.05, 4.69) is 0 Å². The van der Waals surface area contributed by atoms with Crippen LogP contribution in [0.1, 0.15) is 49.7 Å². The van der Waals surface area contributed by atoms with Gasteiger partial charge in [0.15, 0.2) is 0 Å². The lowest BCUT2D eigenvalue weighted by Crippen LogP contribution is -2.51. The van der Waals surface area contributed by atoms with Crippen LogP contribution in [0.15, 0.2) is 48.5 Å². The van der Waals surface area contributed by atoms with E-state index in [9.17, 15) is 9.90 Å². The third kappa shape index (κ3) is 6.20. The molecule has 2 amide bonds. The van der Waals surface area contributed by atoms with E-state index >= 15 is 0 Å². The second-order valence-electron chi connectivity index (χ2n) is 10.4. The molecular weight excluding hydrogens is 454 g/mol. The Morgan fingerprint density at radius 3 is 2.64 bits per heavy atom. The van der Waals surface area contributed by atoms with Gasteiger partial charge in [0.25, 0.3) is 0 Å². The number of benzene rings is 2. The Morgan fingerprint density at radius 1 is 1.08 bits per heavy atom. The number of methoxy groups -OCH3 is 1. The standard InChI is InChI=1S/C29H41N3O4/c1-22-9-7-11-25(19-22)36-27-13-4-3-12-26(27)29(34,15-5-6-18-35-2)23-10-8-16-31(20-23)28(33)32-17-14-24(30)21-32/h3-4,7,9,11-13,19,23-24,34H,5-6,8,10,14-18,20-21,30H2,1-2H3/t23?,24?,29-/m0/s1. The Morgan fingerprint density at radius 2 is 1.89 bits per heavy atom. The van der Waals surface area contributed by atoms with Gasteiger partial charge in [0, 0.05) is 57.4 Å². The Balaban J connectivity index is 1.60. The van der Waals surface area contributed by atoms with E-state index in [1.807, 2.05) is 65.3 Å². The van der Waals surface area contributed by atoms with Crippen molar-refractivity contribution in [1.82, 2.24) is 9.80 Å². The molecule has 36 heavy (non-hydrogen) atoms. The van der Waals surface area contributed by atoms with Crippen molar-refractivity contribution in [3.05, 3.63) is 59.7 Å². The van der Waals surface area contributed by atoms with Crippen LogP contribution in [0.25, 0.3) is 0 Å². The normalized spacial score (nSPS) is 21.9. The van der Waals surface area contributed by atoms with E-state index < -0.39 is 5.60 Å². The SMILES string of the molecule is COCCCC[C@@](O)(c1ccccc1Oc1cccc(C)c1)C1CCCN(C(=O)N2CCC(N)C2)C1. The van der Waals surface area contributed by atoms with Crippen LogP contribution < -0.4 is 10.5 Å². The predicted molar refractivity (Wildman–Crippen MR) is 141 cm³/mol. The van der Waals surface area contributed by atoms with Gasteiger partial charge in [0.2, 0.25) is 0 Å². The number of amides is 2. The van der Waals surface area contributed by atoms with Gasteiger partial charge in [-0.2, -0.15) is 0 Å². The Hall–Kier alpha value is -2.61. The quantitative estimate of drug-likeness (QED) is 0.494. The highest BCUT2D eigenvalue weighted by molar-refractivity contribution is 5.75. The monoisotopic (exact) mass is 495 g/mol. The van der Waals surface area contributed by atoms with Crippen molar-refractivity contribution >= 4 is 6.03 Å². The zero-order valence-electron chi connectivity index (χ0n) is 21.7. The zero-order valence-corrected chi connectivity index (χ0v) is 21.7. The highest BCUT2D eigenvalue weighted by Crippen LogP contribution is 2.44. The summed E-state index contributed by atoms with van der Waals surface area (Å²) in [5.74, 6) is 1.30. The number of carbonyl (C=O) groups is 1. The van der Waals surface area contributed by atoms with Crippen LogP contribution >= 0.6 is 0 Å². The van der Waals surface area contributed by atoms with Gasteiger partial charge in [-0.25, -0.2) is 4.79 Å². The maximum atomic E-state index is 13.3. The van der Waals surface area contributed by atoms with Crippen molar-refractivity contribution in [2.24, 2.45) is 11.7 Å². The molecule has 2 aromatic rings. The van der Waals surface area contributed by atoms with Crippen molar-refractivity contribution in [2.45, 2.75) is 57.1 Å². The number of carbonyl (C=O) groups excluding carboxylic acids is 1. The molecule has 0 spiro atoms. The summed E-state index contributed by atoms with van der Waals surface area (Å²) in [4.78, 5) is 17.0. The summed E-state index contributed by atoms with van der Waals surface area (Å²) < 4.78 is 11.6. The van der Waals surface area contributed by atoms with Crippen molar-refractivity contribution in [3.8, 4) is 11.5 Å². The number of para-hydroxylation sites is 1. The summed E-state index contributed by atoms with van der Waals surface area (Å²) in [6.45, 7) is 5.23. The van der Waals surface area contributed by atoms with Gasteiger partial charge < -0.3 is 30.1 Å². The van der Waals surface area contributed by atoms with Crippen molar-refractivity contribution in [1.29, 1.82) is 0 Å². The summed E-state index contributed by atoms with van der Waals surface area (Å²) in [5.41, 5.74) is 6.82. The molecule has 7 nitrogen and oxygen atoms in total. The van der Waals surface area contributed by atoms with E-state index in [0.717, 1.165) is 49.0 Å². The second-order valence-corrected chi connectivity index (χ2v) is 10.4. The first-order chi connectivity index (χ1) is 17.4. The third-order valence-corrected chi connectivity index (χ3v) is 7.59. The Labute approximate surface area is 215 Å². The van der Waals surface area contributed by atoms with Gasteiger partial charge in [0.1, 0.15) is 11.5 Å². The molecule has 2 heterocycles. The number of aliphatic hydroxyl groups is 1. The number of aryl methyl sites for hydroxylation is 1. The summed E-state index contributed by atoms with van der Waals surface area (Å²) in [7, 11) is 1.70. The first-order valence-electron chi connectivity index (χ1n) is 13.3. The molecular formula is C29H41N3O4. The van der Waals surface area contributed by atoms with E-state index in [4.69, 9.17) is 15.2 Å². The number of urea groups is 1. The number of piperidine rings is 1. The molecule has 2 aliphatic rings. The molecule has 2 saturated heterocycles. The first kappa shape index (κ1) is 26.5. The molecule has 0 saturated carbocycles. The fourth-order valence-electron chi connectivity index (χ4n) is 5.62. The average Bonchev–Trinajstić information content (AvgIpc) is 3.32. The molecule has 7 heteroatoms. The second kappa shape index (κ2) is 12.1. The molecule has 3 N–H and O–H groups in total. The van der Waals surface area contributed by atoms with Crippen LogP contribution in [0.3, 0.4) is 0 Å². The number of unbranched alkanes of at least 4 members (excludes halogenated alkanes) is 1. The van der Waals surface area contributed by atoms with Gasteiger partial charge in [-0.05, 0) is 69.2 Å². The van der Waals surface area contributed by atoms with Crippen molar-refractivity contribution in [3.63, 3.8) is 0 Å². The summed E-state index contributed by atoms with van der Waals surface area (Å²) in [5, 5.41) is 12.4. The summed E-state index contributed by atoms with van der Waals surface area (Å²) in [6.07, 6.45) is 4.80. The smallest absolute Gasteiger partial charge is 0.320 e. The van der Waals surface area contributed by atoms with Gasteiger partial charge in [0.05, 0.1) is 5.60 Å². The van der Waals surface area contributed by atoms with E-state index in [1.54, 1.807) is 7.11 Å². The summed E-state index contributed by atoms with van der Waals surface area (Å²) in [6, 6.07) is 15.8. The van der Waals surface area contributed by atoms with Gasteiger partial charge >= 0.3 is 6.03 Å². The fourth-order valence-corrected chi connectivity index (χ4v) is 5.62. The molecule has 2 fully saturated rings. The topological polar surface area (TPSA) is 88.3 Å². The lowest BCUT2D eigenvalue weighted by molar-refractivity contribution is -0.0586. The lowest BCUT2D eigenvalue weighted by atomic mass is 9.73. The van der Waals surface area contributed by atoms with Crippen LogP contribution in [0, 0.1) is 12.8 Å². The van der Waals surface area contributed by atoms with Gasteiger partial charge in [-0.1, -0.05) is 30.3 Å². The molecule has 2 aromatic carbocycles. The number of likely N-dealkylation sites (tertiary alicyclic amines) is 2. The van der Waals surface area contributed by atoms with Gasteiger partial charge in [-0.15, -0.1) is 0 Å². The third-order valence-electron chi connectivity index (χ3n) is 7.59. The highest BCUT2D eigenvalue weighted by Gasteiger charge is 2.43. The van der Waals surface area contributed by atoms with Crippen LogP contribution in [0.5, 0.6) is 11.5 Å². The molecule has 0 radical (unpaired) electrons. The van der Waals surface area contributed by atoms with E-state index in [0.29, 0.717) is 45.0 Å². The minimum absolute atomic E-state index is 0.0404. The minimum Gasteiger partial charge on any atom is -0.457 e. The van der Waals surface area contributed by atoms with Crippen LogP contribution in [0.4, 0.5) is 4.79 Å². The molecule has 0 aromatic heterocycles. The maximum Gasteiger partial charge on any atom is 0.320 e. The molecule has 0 bridgehead atoms. The lowest BCUT2D eigenvalue weighted by Gasteiger charge is -2.44. The largest absolute Gasteiger partial charge is 0.457 e. The van der Waals surface area contributed by atoms with Crippen LogP contribution in [-0.4, -0.2) is 66.9 Å². The Bertz CT molecular complexity index is 1020. The van der Waals surface area contributed by atoms with E-state index in [1.165, 1.54) is 0 Å². The number of ether oxygens (including phenoxy) is 2.